The summed E-state index contributed by atoms with van der Waals surface area (Å²) in [5, 5.41) is 9.71. The van der Waals surface area contributed by atoms with E-state index < -0.39 is 11.8 Å². The molecule has 1 heterocycles. The minimum Gasteiger partial charge on any atom is -0.477 e. The van der Waals surface area contributed by atoms with Crippen LogP contribution in [-0.4, -0.2) is 16.1 Å². The average molecular weight is 305 g/mol. The first-order chi connectivity index (χ1) is 7.49. The number of carboxylic acid groups (broad SMARTS) is 1. The summed E-state index contributed by atoms with van der Waals surface area (Å²) >= 11 is 8.83. The van der Waals surface area contributed by atoms with Gasteiger partial charge in [-0.15, -0.1) is 0 Å². The lowest BCUT2D eigenvalue weighted by atomic mass is 10.1. The Morgan fingerprint density at radius 1 is 1.44 bits per heavy atom. The number of nitrogens with zero attached hydrogens (tertiary/aromatic N) is 1. The zero-order valence-electron chi connectivity index (χ0n) is 7.67. The first-order valence-electron chi connectivity index (χ1n) is 4.17. The van der Waals surface area contributed by atoms with Gasteiger partial charge in [-0.2, -0.15) is 0 Å². The van der Waals surface area contributed by atoms with E-state index in [1.807, 2.05) is 0 Å². The molecular weight excluding hydrogens is 300 g/mol. The molecule has 0 radical (unpaired) electrons. The molecule has 0 aliphatic heterocycles. The van der Waals surface area contributed by atoms with Crippen molar-refractivity contribution in [3.63, 3.8) is 0 Å². The fraction of sp³-hybridized carbons (Fsp3) is 0. The van der Waals surface area contributed by atoms with Gasteiger partial charge in [-0.25, -0.2) is 14.2 Å². The summed E-state index contributed by atoms with van der Waals surface area (Å²) in [5.74, 6) is -1.68. The highest BCUT2D eigenvalue weighted by Gasteiger charge is 2.11. The van der Waals surface area contributed by atoms with Crippen molar-refractivity contribution < 1.29 is 14.3 Å². The maximum Gasteiger partial charge on any atom is 0.354 e. The normalized spacial score (nSPS) is 10.7. The van der Waals surface area contributed by atoms with Crippen molar-refractivity contribution in [2.45, 2.75) is 0 Å². The second kappa shape index (κ2) is 3.99. The van der Waals surface area contributed by atoms with Crippen molar-refractivity contribution in [2.75, 3.05) is 0 Å². The van der Waals surface area contributed by atoms with Gasteiger partial charge in [0.1, 0.15) is 11.0 Å². The van der Waals surface area contributed by atoms with Crippen LogP contribution in [0.25, 0.3) is 10.8 Å². The zero-order chi connectivity index (χ0) is 11.9. The van der Waals surface area contributed by atoms with Gasteiger partial charge in [0.05, 0.1) is 4.47 Å². The van der Waals surface area contributed by atoms with Crippen molar-refractivity contribution in [1.29, 1.82) is 0 Å². The van der Waals surface area contributed by atoms with E-state index in [0.29, 0.717) is 10.8 Å². The molecule has 1 aromatic heterocycles. The summed E-state index contributed by atoms with van der Waals surface area (Å²) < 4.78 is 13.5. The predicted molar refractivity (Wildman–Crippen MR) is 61.4 cm³/mol. The highest BCUT2D eigenvalue weighted by molar-refractivity contribution is 9.10. The molecule has 16 heavy (non-hydrogen) atoms. The number of hydrogen-bond acceptors (Lipinski definition) is 2. The van der Waals surface area contributed by atoms with E-state index in [2.05, 4.69) is 20.9 Å². The lowest BCUT2D eigenvalue weighted by Crippen LogP contribution is -2.00. The summed E-state index contributed by atoms with van der Waals surface area (Å²) in [4.78, 5) is 14.4. The van der Waals surface area contributed by atoms with Crippen LogP contribution < -0.4 is 0 Å². The number of aromatic nitrogens is 1. The summed E-state index contributed by atoms with van der Waals surface area (Å²) in [6.45, 7) is 0. The van der Waals surface area contributed by atoms with Crippen LogP contribution in [0.15, 0.2) is 22.7 Å². The second-order valence-corrected chi connectivity index (χ2v) is 4.30. The van der Waals surface area contributed by atoms with Crippen molar-refractivity contribution >= 4 is 44.3 Å². The number of aromatic carboxylic acids is 1. The fourth-order valence-corrected chi connectivity index (χ4v) is 1.91. The number of fused-ring (bicyclic) bond motifs is 1. The quantitative estimate of drug-likeness (QED) is 0.821. The minimum atomic E-state index is -1.20. The lowest BCUT2D eigenvalue weighted by molar-refractivity contribution is 0.0690. The Morgan fingerprint density at radius 3 is 2.75 bits per heavy atom. The molecule has 2 rings (SSSR count). The molecular formula is C10H4BrClFNO2. The summed E-state index contributed by atoms with van der Waals surface area (Å²) in [6, 6.07) is 3.95. The third-order valence-electron chi connectivity index (χ3n) is 2.04. The molecule has 82 valence electrons. The molecule has 6 heteroatoms. The molecule has 0 fully saturated rings. The molecule has 3 nitrogen and oxygen atoms in total. The molecule has 0 aliphatic rings. The van der Waals surface area contributed by atoms with Gasteiger partial charge >= 0.3 is 5.97 Å². The Balaban J connectivity index is 2.82. The standard InChI is InChI=1S/C10H4BrClFNO2/c11-6-3-5-4(1-7(6)13)2-8(10(15)16)14-9(5)12/h1-3H,(H,15,16). The number of carbonyl (C=O) groups is 1. The molecule has 0 spiro atoms. The summed E-state index contributed by atoms with van der Waals surface area (Å²) in [6.07, 6.45) is 0. The zero-order valence-corrected chi connectivity index (χ0v) is 10.0. The Bertz CT molecular complexity index is 603. The molecule has 0 amide bonds. The first kappa shape index (κ1) is 11.3. The molecule has 0 unspecified atom stereocenters. The molecule has 1 N–H and O–H groups in total. The van der Waals surface area contributed by atoms with Gasteiger partial charge in [0.2, 0.25) is 0 Å². The van der Waals surface area contributed by atoms with Crippen molar-refractivity contribution in [3.8, 4) is 0 Å². The molecule has 0 saturated heterocycles. The average Bonchev–Trinajstić information content (AvgIpc) is 2.20. The summed E-state index contributed by atoms with van der Waals surface area (Å²) in [7, 11) is 0. The van der Waals surface area contributed by atoms with Crippen LogP contribution in [-0.2, 0) is 0 Å². The van der Waals surface area contributed by atoms with E-state index in [1.54, 1.807) is 0 Å². The van der Waals surface area contributed by atoms with Crippen LogP contribution >= 0.6 is 27.5 Å². The van der Waals surface area contributed by atoms with Gasteiger partial charge in [0.15, 0.2) is 5.69 Å². The number of carboxylic acids is 1. The van der Waals surface area contributed by atoms with E-state index in [9.17, 15) is 9.18 Å². The van der Waals surface area contributed by atoms with Gasteiger partial charge < -0.3 is 5.11 Å². The maximum atomic E-state index is 13.3. The minimum absolute atomic E-state index is 0.0376. The van der Waals surface area contributed by atoms with Crippen LogP contribution in [0.2, 0.25) is 5.15 Å². The Morgan fingerprint density at radius 2 is 2.12 bits per heavy atom. The van der Waals surface area contributed by atoms with Crippen molar-refractivity contribution in [2.24, 2.45) is 0 Å². The lowest BCUT2D eigenvalue weighted by Gasteiger charge is -2.03. The van der Waals surface area contributed by atoms with Crippen LogP contribution in [0.3, 0.4) is 0 Å². The highest BCUT2D eigenvalue weighted by atomic mass is 79.9. The van der Waals surface area contributed by atoms with Crippen LogP contribution in [0.5, 0.6) is 0 Å². The topological polar surface area (TPSA) is 50.2 Å². The molecule has 0 bridgehead atoms. The number of hydrogen-bond donors (Lipinski definition) is 1. The van der Waals surface area contributed by atoms with Gasteiger partial charge in [-0.1, -0.05) is 11.6 Å². The van der Waals surface area contributed by atoms with Crippen LogP contribution in [0.1, 0.15) is 10.5 Å². The third-order valence-corrected chi connectivity index (χ3v) is 2.94. The van der Waals surface area contributed by atoms with Gasteiger partial charge in [-0.3, -0.25) is 0 Å². The van der Waals surface area contributed by atoms with E-state index in [0.717, 1.165) is 0 Å². The molecule has 1 aromatic carbocycles. The van der Waals surface area contributed by atoms with Gasteiger partial charge in [0, 0.05) is 5.39 Å². The van der Waals surface area contributed by atoms with Crippen LogP contribution in [0.4, 0.5) is 4.39 Å². The highest BCUT2D eigenvalue weighted by Crippen LogP contribution is 2.28. The molecule has 0 saturated carbocycles. The maximum absolute atomic E-state index is 13.3. The SMILES string of the molecule is O=C(O)c1cc2cc(F)c(Br)cc2c(Cl)n1. The van der Waals surface area contributed by atoms with E-state index >= 15 is 0 Å². The van der Waals surface area contributed by atoms with E-state index in [-0.39, 0.29) is 15.3 Å². The van der Waals surface area contributed by atoms with Crippen molar-refractivity contribution in [1.82, 2.24) is 4.98 Å². The number of halogens is 3. The third kappa shape index (κ3) is 1.88. The van der Waals surface area contributed by atoms with Gasteiger partial charge in [0.25, 0.3) is 0 Å². The number of pyridine rings is 1. The Hall–Kier alpha value is -1.20. The Labute approximate surface area is 103 Å². The monoisotopic (exact) mass is 303 g/mol. The molecule has 2 aromatic rings. The summed E-state index contributed by atoms with van der Waals surface area (Å²) in [5.41, 5.74) is -0.209. The van der Waals surface area contributed by atoms with E-state index in [4.69, 9.17) is 16.7 Å². The second-order valence-electron chi connectivity index (χ2n) is 3.09. The smallest absolute Gasteiger partial charge is 0.354 e. The molecule has 0 aliphatic carbocycles. The number of benzene rings is 1. The van der Waals surface area contributed by atoms with E-state index in [1.165, 1.54) is 18.2 Å². The fourth-order valence-electron chi connectivity index (χ4n) is 1.32. The van der Waals surface area contributed by atoms with Crippen molar-refractivity contribution in [3.05, 3.63) is 39.3 Å². The Kier molecular flexibility index (Phi) is 2.82. The predicted octanol–water partition coefficient (Wildman–Crippen LogP) is 3.49. The first-order valence-corrected chi connectivity index (χ1v) is 5.34. The van der Waals surface area contributed by atoms with Gasteiger partial charge in [-0.05, 0) is 39.5 Å². The van der Waals surface area contributed by atoms with Crippen LogP contribution in [0, 0.1) is 5.82 Å². The number of rotatable bonds is 1. The largest absolute Gasteiger partial charge is 0.477 e. The molecule has 0 atom stereocenters.